The predicted molar refractivity (Wildman–Crippen MR) is 69.9 cm³/mol. The standard InChI is InChI=1S/C11H12BrClN2O2/c1-11(2,10(14)17)15-9(16)6-3-4-7(12)8(13)5-6/h3-5H,1-2H3,(H2,14,17)(H,15,16). The number of carbonyl (C=O) groups excluding carboxylic acids is 2. The molecule has 3 N–H and O–H groups in total. The Kier molecular flexibility index (Phi) is 4.16. The number of nitrogens with one attached hydrogen (secondary N) is 1. The van der Waals surface area contributed by atoms with E-state index in [4.69, 9.17) is 17.3 Å². The summed E-state index contributed by atoms with van der Waals surface area (Å²) in [6.07, 6.45) is 0. The Morgan fingerprint density at radius 3 is 2.47 bits per heavy atom. The summed E-state index contributed by atoms with van der Waals surface area (Å²) in [4.78, 5) is 22.9. The molecule has 0 fully saturated rings. The lowest BCUT2D eigenvalue weighted by Crippen LogP contribution is -2.53. The Hall–Kier alpha value is -1.07. The Morgan fingerprint density at radius 2 is 2.00 bits per heavy atom. The molecule has 0 aliphatic heterocycles. The van der Waals surface area contributed by atoms with Crippen LogP contribution >= 0.6 is 27.5 Å². The maximum absolute atomic E-state index is 11.8. The van der Waals surface area contributed by atoms with Crippen molar-refractivity contribution in [3.8, 4) is 0 Å². The lowest BCUT2D eigenvalue weighted by Gasteiger charge is -2.22. The van der Waals surface area contributed by atoms with E-state index in [9.17, 15) is 9.59 Å². The van der Waals surface area contributed by atoms with Crippen molar-refractivity contribution in [3.63, 3.8) is 0 Å². The first-order chi connectivity index (χ1) is 7.74. The van der Waals surface area contributed by atoms with E-state index in [1.54, 1.807) is 12.1 Å². The SMILES string of the molecule is CC(C)(NC(=O)c1ccc(Br)c(Cl)c1)C(N)=O. The van der Waals surface area contributed by atoms with E-state index in [1.807, 2.05) is 0 Å². The van der Waals surface area contributed by atoms with Gasteiger partial charge in [0.05, 0.1) is 5.02 Å². The zero-order valence-electron chi connectivity index (χ0n) is 9.38. The van der Waals surface area contributed by atoms with E-state index >= 15 is 0 Å². The van der Waals surface area contributed by atoms with Crippen LogP contribution in [-0.4, -0.2) is 17.4 Å². The molecule has 2 amide bonds. The van der Waals surface area contributed by atoms with Gasteiger partial charge < -0.3 is 11.1 Å². The second-order valence-electron chi connectivity index (χ2n) is 4.07. The maximum Gasteiger partial charge on any atom is 0.252 e. The number of benzene rings is 1. The molecule has 0 saturated heterocycles. The topological polar surface area (TPSA) is 72.2 Å². The van der Waals surface area contributed by atoms with Gasteiger partial charge in [0.1, 0.15) is 5.54 Å². The molecule has 0 aromatic heterocycles. The highest BCUT2D eigenvalue weighted by molar-refractivity contribution is 9.10. The largest absolute Gasteiger partial charge is 0.368 e. The lowest BCUT2D eigenvalue weighted by atomic mass is 10.0. The van der Waals surface area contributed by atoms with Gasteiger partial charge in [-0.2, -0.15) is 0 Å². The van der Waals surface area contributed by atoms with Crippen molar-refractivity contribution in [1.82, 2.24) is 5.32 Å². The van der Waals surface area contributed by atoms with E-state index in [0.717, 1.165) is 0 Å². The molecule has 0 atom stereocenters. The zero-order valence-corrected chi connectivity index (χ0v) is 11.7. The van der Waals surface area contributed by atoms with Gasteiger partial charge in [-0.25, -0.2) is 0 Å². The number of carbonyl (C=O) groups is 2. The Bertz CT molecular complexity index is 475. The summed E-state index contributed by atoms with van der Waals surface area (Å²) in [5, 5.41) is 2.96. The summed E-state index contributed by atoms with van der Waals surface area (Å²) in [5.41, 5.74) is 4.43. The summed E-state index contributed by atoms with van der Waals surface area (Å²) in [7, 11) is 0. The number of rotatable bonds is 3. The van der Waals surface area contributed by atoms with Crippen LogP contribution in [0.15, 0.2) is 22.7 Å². The fourth-order valence-electron chi connectivity index (χ4n) is 1.05. The molecule has 0 aliphatic rings. The van der Waals surface area contributed by atoms with E-state index in [1.165, 1.54) is 19.9 Å². The van der Waals surface area contributed by atoms with Crippen molar-refractivity contribution in [3.05, 3.63) is 33.3 Å². The van der Waals surface area contributed by atoms with Gasteiger partial charge in [-0.1, -0.05) is 11.6 Å². The molecule has 0 heterocycles. The summed E-state index contributed by atoms with van der Waals surface area (Å²) >= 11 is 9.10. The van der Waals surface area contributed by atoms with Crippen LogP contribution in [-0.2, 0) is 4.79 Å². The monoisotopic (exact) mass is 318 g/mol. The van der Waals surface area contributed by atoms with Gasteiger partial charge >= 0.3 is 0 Å². The first-order valence-corrected chi connectivity index (χ1v) is 5.98. The molecule has 92 valence electrons. The van der Waals surface area contributed by atoms with E-state index in [2.05, 4.69) is 21.2 Å². The molecule has 0 aliphatic carbocycles. The van der Waals surface area contributed by atoms with Crippen LogP contribution in [0.5, 0.6) is 0 Å². The van der Waals surface area contributed by atoms with Crippen LogP contribution in [0.1, 0.15) is 24.2 Å². The first-order valence-electron chi connectivity index (χ1n) is 4.81. The van der Waals surface area contributed by atoms with Crippen molar-refractivity contribution in [2.75, 3.05) is 0 Å². The van der Waals surface area contributed by atoms with E-state index in [-0.39, 0.29) is 0 Å². The molecule has 6 heteroatoms. The van der Waals surface area contributed by atoms with Gasteiger partial charge in [-0.05, 0) is 48.0 Å². The number of primary amides is 1. The second kappa shape index (κ2) is 5.06. The highest BCUT2D eigenvalue weighted by atomic mass is 79.9. The van der Waals surface area contributed by atoms with Crippen molar-refractivity contribution in [2.45, 2.75) is 19.4 Å². The number of halogens is 2. The summed E-state index contributed by atoms with van der Waals surface area (Å²) in [6, 6.07) is 4.77. The first kappa shape index (κ1) is 14.0. The van der Waals surface area contributed by atoms with Gasteiger partial charge in [0.2, 0.25) is 5.91 Å². The molecule has 1 aromatic carbocycles. The third-order valence-corrected chi connectivity index (χ3v) is 3.46. The molecule has 0 radical (unpaired) electrons. The average molecular weight is 320 g/mol. The van der Waals surface area contributed by atoms with Crippen molar-refractivity contribution in [2.24, 2.45) is 5.73 Å². The summed E-state index contributed by atoms with van der Waals surface area (Å²) in [5.74, 6) is -1.00. The highest BCUT2D eigenvalue weighted by Crippen LogP contribution is 2.23. The van der Waals surface area contributed by atoms with Crippen LogP contribution in [0.4, 0.5) is 0 Å². The van der Waals surface area contributed by atoms with Gasteiger partial charge in [0, 0.05) is 10.0 Å². The third-order valence-electron chi connectivity index (χ3n) is 2.22. The normalized spacial score (nSPS) is 11.1. The molecular weight excluding hydrogens is 307 g/mol. The Balaban J connectivity index is 2.91. The fourth-order valence-corrected chi connectivity index (χ4v) is 1.48. The van der Waals surface area contributed by atoms with Crippen LogP contribution < -0.4 is 11.1 Å². The molecule has 0 unspecified atom stereocenters. The predicted octanol–water partition coefficient (Wildman–Crippen LogP) is 2.10. The van der Waals surface area contributed by atoms with Gasteiger partial charge in [-0.3, -0.25) is 9.59 Å². The Morgan fingerprint density at radius 1 is 1.41 bits per heavy atom. The number of amides is 2. The molecule has 1 rings (SSSR count). The average Bonchev–Trinajstić information content (AvgIpc) is 2.21. The van der Waals surface area contributed by atoms with Crippen LogP contribution in [0.3, 0.4) is 0 Å². The van der Waals surface area contributed by atoms with E-state index < -0.39 is 17.4 Å². The molecule has 0 saturated carbocycles. The minimum absolute atomic E-state index is 0.368. The van der Waals surface area contributed by atoms with Crippen LogP contribution in [0.25, 0.3) is 0 Å². The quantitative estimate of drug-likeness (QED) is 0.895. The fraction of sp³-hybridized carbons (Fsp3) is 0.273. The molecule has 17 heavy (non-hydrogen) atoms. The second-order valence-corrected chi connectivity index (χ2v) is 5.33. The van der Waals surface area contributed by atoms with E-state index in [0.29, 0.717) is 15.1 Å². The van der Waals surface area contributed by atoms with Gasteiger partial charge in [0.25, 0.3) is 5.91 Å². The minimum Gasteiger partial charge on any atom is -0.368 e. The maximum atomic E-state index is 11.8. The Labute approximate surface area is 113 Å². The van der Waals surface area contributed by atoms with Crippen LogP contribution in [0, 0.1) is 0 Å². The highest BCUT2D eigenvalue weighted by Gasteiger charge is 2.27. The summed E-state index contributed by atoms with van der Waals surface area (Å²) in [6.45, 7) is 3.07. The summed E-state index contributed by atoms with van der Waals surface area (Å²) < 4.78 is 0.699. The van der Waals surface area contributed by atoms with Crippen molar-refractivity contribution in [1.29, 1.82) is 0 Å². The van der Waals surface area contributed by atoms with Crippen molar-refractivity contribution >= 4 is 39.3 Å². The van der Waals surface area contributed by atoms with Gasteiger partial charge in [0.15, 0.2) is 0 Å². The molecule has 0 bridgehead atoms. The molecule has 1 aromatic rings. The molecular formula is C11H12BrClN2O2. The van der Waals surface area contributed by atoms with Crippen molar-refractivity contribution < 1.29 is 9.59 Å². The number of hydrogen-bond acceptors (Lipinski definition) is 2. The smallest absolute Gasteiger partial charge is 0.252 e. The number of hydrogen-bond donors (Lipinski definition) is 2. The third kappa shape index (κ3) is 3.44. The molecule has 4 nitrogen and oxygen atoms in total. The zero-order chi connectivity index (χ0) is 13.2. The van der Waals surface area contributed by atoms with Crippen LogP contribution in [0.2, 0.25) is 5.02 Å². The number of nitrogens with two attached hydrogens (primary N) is 1. The van der Waals surface area contributed by atoms with Gasteiger partial charge in [-0.15, -0.1) is 0 Å². The molecule has 0 spiro atoms. The lowest BCUT2D eigenvalue weighted by molar-refractivity contribution is -0.122. The minimum atomic E-state index is -1.10.